The molecule has 8 rings (SSSR count). The van der Waals surface area contributed by atoms with E-state index in [9.17, 15) is 0 Å². The van der Waals surface area contributed by atoms with Gasteiger partial charge in [0.25, 0.3) is 0 Å². The van der Waals surface area contributed by atoms with Crippen molar-refractivity contribution < 1.29 is 46.1 Å². The van der Waals surface area contributed by atoms with Gasteiger partial charge in [-0.25, -0.2) is 0 Å². The third-order valence-electron chi connectivity index (χ3n) is 8.65. The first-order valence-electron chi connectivity index (χ1n) is 14.2. The average Bonchev–Trinajstić information content (AvgIpc) is 3.68. The molecule has 6 aromatic rings. The van der Waals surface area contributed by atoms with Crippen molar-refractivity contribution in [1.82, 2.24) is 0 Å². The number of hydrogen-bond donors (Lipinski definition) is 0. The van der Waals surface area contributed by atoms with Gasteiger partial charge >= 0.3 is 255 Å². The van der Waals surface area contributed by atoms with Crippen molar-refractivity contribution in [3.05, 3.63) is 176 Å². The Labute approximate surface area is 277 Å². The molecule has 0 spiro atoms. The van der Waals surface area contributed by atoms with Crippen LogP contribution in [0.1, 0.15) is 32.3 Å². The van der Waals surface area contributed by atoms with Gasteiger partial charge in [0, 0.05) is 0 Å². The third kappa shape index (κ3) is 5.02. The molecule has 2 aliphatic carbocycles. The van der Waals surface area contributed by atoms with Crippen molar-refractivity contribution in [2.45, 2.75) is 10.0 Å². The zero-order valence-corrected chi connectivity index (χ0v) is 28.0. The van der Waals surface area contributed by atoms with E-state index in [2.05, 4.69) is 140 Å². The second-order valence-electron chi connectivity index (χ2n) is 10.9. The first-order chi connectivity index (χ1) is 20.3. The zero-order chi connectivity index (χ0) is 27.3. The standard InChI is InChI=1S/C21H13.C13H9Cl.C5H5.2ClH.Zr/c1-2-8-15-14(7-1)13-20-18-11-4-3-9-16(18)17-10-5-6-12-19(17)21(15)20;14-13-8-4-7-12(10-13)9-11-5-2-1-3-6-11;1-2-4-5-3-1;;;/h1-13H;1-8,10H;1-3H,4H2;2*1H;/q;;;;;+2/p-2. The van der Waals surface area contributed by atoms with Crippen LogP contribution in [-0.4, -0.2) is 3.21 Å². The van der Waals surface area contributed by atoms with Crippen LogP contribution < -0.4 is 24.8 Å². The molecular formula is C39H27Cl3Zr. The maximum atomic E-state index is 6.69. The molecular weight excluding hydrogens is 666 g/mol. The Kier molecular flexibility index (Phi) is 8.73. The summed E-state index contributed by atoms with van der Waals surface area (Å²) in [6.45, 7) is 0. The summed E-state index contributed by atoms with van der Waals surface area (Å²) in [5.41, 5.74) is 8.44. The van der Waals surface area contributed by atoms with Gasteiger partial charge in [0.05, 0.1) is 0 Å². The summed E-state index contributed by atoms with van der Waals surface area (Å²) in [7, 11) is 0. The number of benzene rings is 6. The molecule has 2 aliphatic rings. The van der Waals surface area contributed by atoms with Crippen LogP contribution in [0.15, 0.2) is 149 Å². The molecule has 0 saturated carbocycles. The molecule has 0 amide bonds. The van der Waals surface area contributed by atoms with E-state index in [1.807, 2.05) is 6.07 Å². The minimum absolute atomic E-state index is 0. The van der Waals surface area contributed by atoms with E-state index in [0.717, 1.165) is 11.4 Å². The van der Waals surface area contributed by atoms with Crippen molar-refractivity contribution in [3.8, 4) is 11.1 Å². The quantitative estimate of drug-likeness (QED) is 0.240. The van der Waals surface area contributed by atoms with Gasteiger partial charge < -0.3 is 24.8 Å². The predicted molar refractivity (Wildman–Crippen MR) is 172 cm³/mol. The fourth-order valence-corrected chi connectivity index (χ4v) is 16.3. The van der Waals surface area contributed by atoms with Gasteiger partial charge in [0.2, 0.25) is 0 Å². The fraction of sp³-hybridized carbons (Fsp3) is 0.0513. The Balaban J connectivity index is 0.00000165. The molecule has 0 radical (unpaired) electrons. The van der Waals surface area contributed by atoms with Crippen molar-refractivity contribution in [2.75, 3.05) is 0 Å². The summed E-state index contributed by atoms with van der Waals surface area (Å²) in [6.07, 6.45) is 8.09. The topological polar surface area (TPSA) is 0 Å². The monoisotopic (exact) mass is 690 g/mol. The molecule has 1 atom stereocenters. The van der Waals surface area contributed by atoms with Gasteiger partial charge in [-0.05, 0) is 0 Å². The third-order valence-corrected chi connectivity index (χ3v) is 17.1. The Bertz CT molecular complexity index is 2090. The molecule has 0 N–H and O–H groups in total. The maximum Gasteiger partial charge on any atom is -1.00 e. The Hall–Kier alpha value is -3.06. The number of rotatable bonds is 4. The van der Waals surface area contributed by atoms with Gasteiger partial charge in [-0.3, -0.25) is 0 Å². The largest absolute Gasteiger partial charge is 1.00 e. The van der Waals surface area contributed by atoms with Crippen LogP contribution >= 0.6 is 11.6 Å². The van der Waals surface area contributed by atoms with Crippen molar-refractivity contribution in [3.63, 3.8) is 0 Å². The first kappa shape index (κ1) is 30.0. The van der Waals surface area contributed by atoms with Crippen LogP contribution in [0.2, 0.25) is 5.02 Å². The van der Waals surface area contributed by atoms with E-state index < -0.39 is 21.3 Å². The minimum Gasteiger partial charge on any atom is -1.00 e. The molecule has 0 fully saturated rings. The summed E-state index contributed by atoms with van der Waals surface area (Å²) in [4.78, 5) is 0. The van der Waals surface area contributed by atoms with Crippen LogP contribution in [0.25, 0.3) is 32.7 Å². The van der Waals surface area contributed by atoms with E-state index in [1.165, 1.54) is 58.1 Å². The van der Waals surface area contributed by atoms with Gasteiger partial charge in [0.1, 0.15) is 0 Å². The zero-order valence-electron chi connectivity index (χ0n) is 23.3. The summed E-state index contributed by atoms with van der Waals surface area (Å²) in [6, 6.07) is 47.0. The van der Waals surface area contributed by atoms with Crippen LogP contribution in [0.4, 0.5) is 0 Å². The van der Waals surface area contributed by atoms with Gasteiger partial charge in [0.15, 0.2) is 0 Å². The Morgan fingerprint density at radius 2 is 1.26 bits per heavy atom. The van der Waals surface area contributed by atoms with Crippen LogP contribution in [-0.2, 0) is 21.3 Å². The molecule has 0 saturated heterocycles. The predicted octanol–water partition coefficient (Wildman–Crippen LogP) is 4.46. The number of allylic oxidation sites excluding steroid dienone is 4. The van der Waals surface area contributed by atoms with Gasteiger partial charge in [-0.2, -0.15) is 0 Å². The molecule has 43 heavy (non-hydrogen) atoms. The van der Waals surface area contributed by atoms with E-state index in [0.29, 0.717) is 3.63 Å². The first-order valence-corrected chi connectivity index (χ1v) is 18.5. The Morgan fingerprint density at radius 3 is 1.98 bits per heavy atom. The molecule has 0 heterocycles. The summed E-state index contributed by atoms with van der Waals surface area (Å²) >= 11 is 3.90. The average molecular weight is 693 g/mol. The van der Waals surface area contributed by atoms with Crippen molar-refractivity contribution in [1.29, 1.82) is 0 Å². The second-order valence-corrected chi connectivity index (χ2v) is 17.6. The molecule has 208 valence electrons. The van der Waals surface area contributed by atoms with E-state index in [-0.39, 0.29) is 24.8 Å². The minimum atomic E-state index is -2.79. The van der Waals surface area contributed by atoms with Crippen molar-refractivity contribution >= 4 is 36.4 Å². The maximum absolute atomic E-state index is 6.69. The summed E-state index contributed by atoms with van der Waals surface area (Å²) in [5, 5.41) is 6.24. The Morgan fingerprint density at radius 1 is 0.628 bits per heavy atom. The number of hydrogen-bond acceptors (Lipinski definition) is 0. The molecule has 0 bridgehead atoms. The summed E-state index contributed by atoms with van der Waals surface area (Å²) in [5.74, 6) is 0. The molecule has 4 heteroatoms. The van der Waals surface area contributed by atoms with Gasteiger partial charge in [-0.15, -0.1) is 0 Å². The molecule has 0 aliphatic heterocycles. The SMILES string of the molecule is Clc1cccc(/[C](c2ccccc2)=[Zr+2](\[C]2=CC=CC2)[CH]2c3ccccc3-c3c2c2ccccc2c2ccccc32)c1.[Cl-].[Cl-]. The smallest absolute Gasteiger partial charge is 1.00 e. The second kappa shape index (κ2) is 12.5. The summed E-state index contributed by atoms with van der Waals surface area (Å²) < 4.78 is 3.50. The molecule has 0 aromatic heterocycles. The van der Waals surface area contributed by atoms with Crippen LogP contribution in [0.5, 0.6) is 0 Å². The van der Waals surface area contributed by atoms with E-state index in [4.69, 9.17) is 11.6 Å². The van der Waals surface area contributed by atoms with Crippen LogP contribution in [0, 0.1) is 0 Å². The van der Waals surface area contributed by atoms with Crippen molar-refractivity contribution in [2.24, 2.45) is 0 Å². The van der Waals surface area contributed by atoms with E-state index in [1.54, 1.807) is 3.28 Å². The molecule has 6 aromatic carbocycles. The van der Waals surface area contributed by atoms with Gasteiger partial charge in [-0.1, -0.05) is 0 Å². The molecule has 0 nitrogen and oxygen atoms in total. The molecule has 1 unspecified atom stereocenters. The fourth-order valence-electron chi connectivity index (χ4n) is 7.05. The van der Waals surface area contributed by atoms with E-state index >= 15 is 0 Å². The number of halogens is 3. The van der Waals surface area contributed by atoms with Crippen LogP contribution in [0.3, 0.4) is 0 Å². The normalized spacial score (nSPS) is 14.9. The number of fused-ring (bicyclic) bond motifs is 8.